The van der Waals surface area contributed by atoms with Gasteiger partial charge in [-0.1, -0.05) is 17.7 Å². The van der Waals surface area contributed by atoms with Crippen molar-refractivity contribution < 1.29 is 23.7 Å². The lowest BCUT2D eigenvalue weighted by Gasteiger charge is -2.23. The molecule has 0 unspecified atom stereocenters. The zero-order valence-corrected chi connectivity index (χ0v) is 15.0. The quantitative estimate of drug-likeness (QED) is 0.818. The number of ether oxygens (including phenoxy) is 4. The lowest BCUT2D eigenvalue weighted by molar-refractivity contribution is 0.0751. The Labute approximate surface area is 156 Å². The number of benzene rings is 2. The number of carbonyl (C=O) groups is 1. The largest absolute Gasteiger partial charge is 0.486 e. The van der Waals surface area contributed by atoms with Gasteiger partial charge in [0.2, 0.25) is 6.79 Å². The average molecular weight is 376 g/mol. The molecule has 2 aliphatic rings. The van der Waals surface area contributed by atoms with Crippen molar-refractivity contribution in [1.29, 1.82) is 0 Å². The van der Waals surface area contributed by atoms with Crippen LogP contribution < -0.4 is 18.9 Å². The summed E-state index contributed by atoms with van der Waals surface area (Å²) in [6.07, 6.45) is 0. The van der Waals surface area contributed by atoms with Crippen LogP contribution in [0.25, 0.3) is 0 Å². The molecule has 0 aliphatic carbocycles. The fraction of sp³-hybridized carbons (Fsp3) is 0.316. The third-order valence-corrected chi connectivity index (χ3v) is 4.60. The Morgan fingerprint density at radius 1 is 1.04 bits per heavy atom. The molecule has 0 spiro atoms. The van der Waals surface area contributed by atoms with Gasteiger partial charge in [0, 0.05) is 18.7 Å². The van der Waals surface area contributed by atoms with E-state index in [-0.39, 0.29) is 12.7 Å². The normalized spacial score (nSPS) is 14.2. The van der Waals surface area contributed by atoms with Gasteiger partial charge in [-0.15, -0.1) is 0 Å². The summed E-state index contributed by atoms with van der Waals surface area (Å²) in [6, 6.07) is 9.01. The zero-order chi connectivity index (χ0) is 18.1. The van der Waals surface area contributed by atoms with Crippen molar-refractivity contribution in [2.75, 3.05) is 26.6 Å². The van der Waals surface area contributed by atoms with Crippen molar-refractivity contribution in [2.24, 2.45) is 0 Å². The van der Waals surface area contributed by atoms with Gasteiger partial charge in [-0.25, -0.2) is 0 Å². The second kappa shape index (κ2) is 6.96. The Kier molecular flexibility index (Phi) is 4.51. The summed E-state index contributed by atoms with van der Waals surface area (Å²) < 4.78 is 21.8. The highest BCUT2D eigenvalue weighted by atomic mass is 35.5. The maximum atomic E-state index is 12.9. The van der Waals surface area contributed by atoms with Gasteiger partial charge >= 0.3 is 0 Å². The lowest BCUT2D eigenvalue weighted by Crippen LogP contribution is -2.30. The van der Waals surface area contributed by atoms with Gasteiger partial charge in [0.1, 0.15) is 13.2 Å². The summed E-state index contributed by atoms with van der Waals surface area (Å²) in [5.74, 6) is 2.30. The number of amides is 1. The SMILES string of the molecule is CCN(Cc1ccc2c(c1)OCCO2)C(=O)c1cc(Cl)c2c(c1)OCO2. The molecule has 136 valence electrons. The molecule has 0 saturated carbocycles. The second-order valence-corrected chi connectivity index (χ2v) is 6.40. The Balaban J connectivity index is 1.55. The molecule has 6 nitrogen and oxygen atoms in total. The summed E-state index contributed by atoms with van der Waals surface area (Å²) in [4.78, 5) is 14.7. The summed E-state index contributed by atoms with van der Waals surface area (Å²) in [7, 11) is 0. The van der Waals surface area contributed by atoms with Crippen LogP contribution in [0.3, 0.4) is 0 Å². The molecule has 0 aromatic heterocycles. The Bertz CT molecular complexity index is 854. The first kappa shape index (κ1) is 16.8. The number of carbonyl (C=O) groups excluding carboxylic acids is 1. The second-order valence-electron chi connectivity index (χ2n) is 5.99. The Hall–Kier alpha value is -2.60. The molecular formula is C19H18ClNO5. The summed E-state index contributed by atoms with van der Waals surface area (Å²) in [6.45, 7) is 4.14. The third-order valence-electron chi connectivity index (χ3n) is 4.32. The van der Waals surface area contributed by atoms with E-state index in [2.05, 4.69) is 0 Å². The molecule has 0 bridgehead atoms. The van der Waals surface area contributed by atoms with Crippen LogP contribution in [0.2, 0.25) is 5.02 Å². The van der Waals surface area contributed by atoms with Gasteiger partial charge < -0.3 is 23.8 Å². The van der Waals surface area contributed by atoms with Crippen LogP contribution in [-0.2, 0) is 6.54 Å². The van der Waals surface area contributed by atoms with Gasteiger partial charge in [0.25, 0.3) is 5.91 Å². The Morgan fingerprint density at radius 3 is 2.65 bits per heavy atom. The highest BCUT2D eigenvalue weighted by molar-refractivity contribution is 6.32. The summed E-state index contributed by atoms with van der Waals surface area (Å²) in [5, 5.41) is 0.374. The van der Waals surface area contributed by atoms with Gasteiger partial charge in [-0.3, -0.25) is 4.79 Å². The molecule has 0 fully saturated rings. The van der Waals surface area contributed by atoms with Crippen LogP contribution in [-0.4, -0.2) is 37.4 Å². The van der Waals surface area contributed by atoms with Crippen molar-refractivity contribution in [1.82, 2.24) is 4.90 Å². The van der Waals surface area contributed by atoms with Crippen molar-refractivity contribution in [2.45, 2.75) is 13.5 Å². The van der Waals surface area contributed by atoms with Crippen LogP contribution in [0, 0.1) is 0 Å². The van der Waals surface area contributed by atoms with E-state index < -0.39 is 0 Å². The van der Waals surface area contributed by atoms with E-state index in [1.54, 1.807) is 17.0 Å². The zero-order valence-electron chi connectivity index (χ0n) is 14.3. The molecule has 0 atom stereocenters. The van der Waals surface area contributed by atoms with E-state index in [0.29, 0.717) is 54.1 Å². The standard InChI is InChI=1S/C19H18ClNO5/c1-2-21(10-12-3-4-15-16(7-12)24-6-5-23-15)19(22)13-8-14(20)18-17(9-13)25-11-26-18/h3-4,7-9H,2,5-6,10-11H2,1H3. The summed E-state index contributed by atoms with van der Waals surface area (Å²) in [5.41, 5.74) is 1.44. The smallest absolute Gasteiger partial charge is 0.254 e. The molecule has 2 aromatic rings. The third kappa shape index (κ3) is 3.12. The molecule has 0 N–H and O–H groups in total. The van der Waals surface area contributed by atoms with E-state index in [4.69, 9.17) is 30.5 Å². The molecule has 1 amide bonds. The van der Waals surface area contributed by atoms with Gasteiger partial charge in [-0.05, 0) is 36.8 Å². The number of hydrogen-bond acceptors (Lipinski definition) is 5. The van der Waals surface area contributed by atoms with E-state index >= 15 is 0 Å². The monoisotopic (exact) mass is 375 g/mol. The maximum absolute atomic E-state index is 12.9. The first-order chi connectivity index (χ1) is 12.7. The molecule has 26 heavy (non-hydrogen) atoms. The van der Waals surface area contributed by atoms with Crippen molar-refractivity contribution in [3.8, 4) is 23.0 Å². The fourth-order valence-electron chi connectivity index (χ4n) is 3.01. The van der Waals surface area contributed by atoms with Crippen molar-refractivity contribution in [3.05, 3.63) is 46.5 Å². The molecule has 2 aliphatic heterocycles. The van der Waals surface area contributed by atoms with Crippen molar-refractivity contribution in [3.63, 3.8) is 0 Å². The maximum Gasteiger partial charge on any atom is 0.254 e. The molecule has 2 aromatic carbocycles. The average Bonchev–Trinajstić information content (AvgIpc) is 3.14. The minimum Gasteiger partial charge on any atom is -0.486 e. The Morgan fingerprint density at radius 2 is 1.85 bits per heavy atom. The summed E-state index contributed by atoms with van der Waals surface area (Å²) >= 11 is 6.20. The number of hydrogen-bond donors (Lipinski definition) is 0. The fourth-order valence-corrected chi connectivity index (χ4v) is 3.27. The van der Waals surface area contributed by atoms with Crippen LogP contribution >= 0.6 is 11.6 Å². The number of nitrogens with zero attached hydrogens (tertiary/aromatic N) is 1. The van der Waals surface area contributed by atoms with E-state index in [1.165, 1.54) is 0 Å². The molecular weight excluding hydrogens is 358 g/mol. The number of halogens is 1. The first-order valence-electron chi connectivity index (χ1n) is 8.42. The molecule has 4 rings (SSSR count). The van der Waals surface area contributed by atoms with Crippen LogP contribution in [0.5, 0.6) is 23.0 Å². The van der Waals surface area contributed by atoms with Crippen LogP contribution in [0.1, 0.15) is 22.8 Å². The van der Waals surface area contributed by atoms with Crippen LogP contribution in [0.15, 0.2) is 30.3 Å². The first-order valence-corrected chi connectivity index (χ1v) is 8.80. The number of rotatable bonds is 4. The molecule has 0 saturated heterocycles. The van der Waals surface area contributed by atoms with Crippen molar-refractivity contribution >= 4 is 17.5 Å². The van der Waals surface area contributed by atoms with E-state index in [9.17, 15) is 4.79 Å². The highest BCUT2D eigenvalue weighted by Crippen LogP contribution is 2.40. The number of fused-ring (bicyclic) bond motifs is 2. The minimum absolute atomic E-state index is 0.112. The lowest BCUT2D eigenvalue weighted by atomic mass is 10.1. The van der Waals surface area contributed by atoms with Gasteiger partial charge in [0.05, 0.1) is 5.02 Å². The highest BCUT2D eigenvalue weighted by Gasteiger charge is 2.23. The molecule has 7 heteroatoms. The van der Waals surface area contributed by atoms with E-state index in [0.717, 1.165) is 11.3 Å². The molecule has 2 heterocycles. The predicted molar refractivity (Wildman–Crippen MR) is 95.4 cm³/mol. The van der Waals surface area contributed by atoms with Gasteiger partial charge in [0.15, 0.2) is 23.0 Å². The minimum atomic E-state index is -0.123. The topological polar surface area (TPSA) is 57.2 Å². The molecule has 0 radical (unpaired) electrons. The van der Waals surface area contributed by atoms with Gasteiger partial charge in [-0.2, -0.15) is 0 Å². The van der Waals surface area contributed by atoms with E-state index in [1.807, 2.05) is 25.1 Å². The predicted octanol–water partition coefficient (Wildman–Crippen LogP) is 3.50. The van der Waals surface area contributed by atoms with Crippen LogP contribution in [0.4, 0.5) is 0 Å².